The number of hydrogen-bond donors (Lipinski definition) is 2. The summed E-state index contributed by atoms with van der Waals surface area (Å²) in [5.74, 6) is -0.442. The molecule has 0 aromatic heterocycles. The first-order chi connectivity index (χ1) is 11.6. The van der Waals surface area contributed by atoms with Crippen molar-refractivity contribution in [2.45, 2.75) is 17.5 Å². The SMILES string of the molecule is C[NH+]1CCCN(C(=O)CNS(=O)(=O)c2ccccc2C(F)(F)F)CC1. The second-order valence-electron chi connectivity index (χ2n) is 6.01. The van der Waals surface area contributed by atoms with E-state index in [4.69, 9.17) is 0 Å². The van der Waals surface area contributed by atoms with Crippen molar-refractivity contribution < 1.29 is 31.3 Å². The Kier molecular flexibility index (Phi) is 6.07. The van der Waals surface area contributed by atoms with Gasteiger partial charge in [0.2, 0.25) is 15.9 Å². The molecule has 1 aliphatic rings. The number of benzene rings is 1. The van der Waals surface area contributed by atoms with Crippen molar-refractivity contribution in [1.82, 2.24) is 9.62 Å². The molecule has 0 bridgehead atoms. The quantitative estimate of drug-likeness (QED) is 0.756. The van der Waals surface area contributed by atoms with Crippen LogP contribution in [0.1, 0.15) is 12.0 Å². The number of alkyl halides is 3. The molecule has 0 aliphatic carbocycles. The Morgan fingerprint density at radius 3 is 2.60 bits per heavy atom. The number of hydrogen-bond acceptors (Lipinski definition) is 3. The van der Waals surface area contributed by atoms with E-state index in [1.807, 2.05) is 11.8 Å². The number of carbonyl (C=O) groups is 1. The van der Waals surface area contributed by atoms with Crippen LogP contribution in [0.15, 0.2) is 29.2 Å². The van der Waals surface area contributed by atoms with E-state index >= 15 is 0 Å². The van der Waals surface area contributed by atoms with Crippen LogP contribution < -0.4 is 9.62 Å². The number of nitrogens with one attached hydrogen (secondary N) is 2. The molecule has 6 nitrogen and oxygen atoms in total. The number of carbonyl (C=O) groups excluding carboxylic acids is 1. The van der Waals surface area contributed by atoms with Crippen LogP contribution in [-0.4, -0.2) is 59.0 Å². The van der Waals surface area contributed by atoms with Gasteiger partial charge in [0.1, 0.15) is 0 Å². The molecule has 1 unspecified atom stereocenters. The molecule has 25 heavy (non-hydrogen) atoms. The van der Waals surface area contributed by atoms with Crippen LogP contribution in [0.4, 0.5) is 13.2 Å². The maximum atomic E-state index is 13.0. The van der Waals surface area contributed by atoms with E-state index in [0.29, 0.717) is 19.2 Å². The van der Waals surface area contributed by atoms with Gasteiger partial charge in [0.05, 0.1) is 43.7 Å². The Bertz CT molecular complexity index is 722. The third-order valence-electron chi connectivity index (χ3n) is 4.09. The number of rotatable bonds is 4. The minimum atomic E-state index is -4.80. The molecule has 1 aromatic carbocycles. The summed E-state index contributed by atoms with van der Waals surface area (Å²) in [5.41, 5.74) is -1.25. The first-order valence-electron chi connectivity index (χ1n) is 7.86. The fraction of sp³-hybridized carbons (Fsp3) is 0.533. The van der Waals surface area contributed by atoms with Gasteiger partial charge >= 0.3 is 6.18 Å². The molecule has 1 saturated heterocycles. The molecule has 1 heterocycles. The number of likely N-dealkylation sites (N-methyl/N-ethyl adjacent to an activating group) is 1. The number of sulfonamides is 1. The molecule has 2 rings (SSSR count). The maximum Gasteiger partial charge on any atom is 0.417 e. The Morgan fingerprint density at radius 2 is 1.92 bits per heavy atom. The van der Waals surface area contributed by atoms with Crippen LogP contribution in [-0.2, 0) is 21.0 Å². The Labute approximate surface area is 144 Å². The average molecular weight is 380 g/mol. The Morgan fingerprint density at radius 1 is 1.24 bits per heavy atom. The maximum absolute atomic E-state index is 13.0. The zero-order valence-electron chi connectivity index (χ0n) is 13.8. The van der Waals surface area contributed by atoms with E-state index in [9.17, 15) is 26.4 Å². The van der Waals surface area contributed by atoms with Crippen molar-refractivity contribution in [1.29, 1.82) is 0 Å². The van der Waals surface area contributed by atoms with Gasteiger partial charge in [0.15, 0.2) is 0 Å². The molecular weight excluding hydrogens is 359 g/mol. The molecular formula is C15H21F3N3O3S+. The number of nitrogens with zero attached hydrogens (tertiary/aromatic N) is 1. The molecule has 1 amide bonds. The van der Waals surface area contributed by atoms with Crippen LogP contribution in [0.2, 0.25) is 0 Å². The van der Waals surface area contributed by atoms with Gasteiger partial charge in [-0.25, -0.2) is 13.1 Å². The first-order valence-corrected chi connectivity index (χ1v) is 9.34. The third kappa shape index (κ3) is 5.16. The fourth-order valence-electron chi connectivity index (χ4n) is 2.67. The molecule has 10 heteroatoms. The lowest BCUT2D eigenvalue weighted by atomic mass is 10.2. The highest BCUT2D eigenvalue weighted by Crippen LogP contribution is 2.33. The summed E-state index contributed by atoms with van der Waals surface area (Å²) in [6.45, 7) is 2.10. The van der Waals surface area contributed by atoms with Crippen LogP contribution in [0, 0.1) is 0 Å². The molecule has 2 N–H and O–H groups in total. The molecule has 0 spiro atoms. The van der Waals surface area contributed by atoms with Crippen LogP contribution in [0.25, 0.3) is 0 Å². The van der Waals surface area contributed by atoms with Crippen molar-refractivity contribution >= 4 is 15.9 Å². The van der Waals surface area contributed by atoms with Gasteiger partial charge in [-0.05, 0) is 12.1 Å². The Balaban J connectivity index is 2.08. The predicted octanol–water partition coefficient (Wildman–Crippen LogP) is -0.269. The molecule has 1 aliphatic heterocycles. The highest BCUT2D eigenvalue weighted by Gasteiger charge is 2.37. The largest absolute Gasteiger partial charge is 0.417 e. The number of halogens is 3. The van der Waals surface area contributed by atoms with Crippen molar-refractivity contribution in [2.75, 3.05) is 39.8 Å². The summed E-state index contributed by atoms with van der Waals surface area (Å²) in [6, 6.07) is 3.89. The van der Waals surface area contributed by atoms with Gasteiger partial charge in [-0.1, -0.05) is 12.1 Å². The van der Waals surface area contributed by atoms with Crippen LogP contribution in [0.3, 0.4) is 0 Å². The van der Waals surface area contributed by atoms with Crippen LogP contribution >= 0.6 is 0 Å². The zero-order valence-corrected chi connectivity index (χ0v) is 14.6. The normalized spacial score (nSPS) is 19.5. The lowest BCUT2D eigenvalue weighted by molar-refractivity contribution is -0.877. The van der Waals surface area contributed by atoms with E-state index in [1.165, 1.54) is 15.9 Å². The molecule has 1 fully saturated rings. The molecule has 140 valence electrons. The van der Waals surface area contributed by atoms with Gasteiger partial charge in [0.25, 0.3) is 0 Å². The highest BCUT2D eigenvalue weighted by molar-refractivity contribution is 7.89. The standard InChI is InChI=1S/C15H20F3N3O3S/c1-20-7-4-8-21(10-9-20)14(22)11-19-25(23,24)13-6-3-2-5-12(13)15(16,17)18/h2-3,5-6,19H,4,7-11H2,1H3/p+1. The second kappa shape index (κ2) is 7.71. The zero-order chi connectivity index (χ0) is 18.7. The highest BCUT2D eigenvalue weighted by atomic mass is 32.2. The van der Waals surface area contributed by atoms with Crippen molar-refractivity contribution in [3.05, 3.63) is 29.8 Å². The third-order valence-corrected chi connectivity index (χ3v) is 5.55. The number of amides is 1. The topological polar surface area (TPSA) is 70.9 Å². The lowest BCUT2D eigenvalue weighted by Crippen LogP contribution is -3.09. The first kappa shape index (κ1) is 19.7. The monoisotopic (exact) mass is 380 g/mol. The fourth-order valence-corrected chi connectivity index (χ4v) is 3.87. The molecule has 0 radical (unpaired) electrons. The van der Waals surface area contributed by atoms with Crippen molar-refractivity contribution in [3.63, 3.8) is 0 Å². The summed E-state index contributed by atoms with van der Waals surface area (Å²) < 4.78 is 65.4. The van der Waals surface area contributed by atoms with Gasteiger partial charge in [-0.3, -0.25) is 4.79 Å². The smallest absolute Gasteiger partial charge is 0.336 e. The summed E-state index contributed by atoms with van der Waals surface area (Å²) in [7, 11) is -2.45. The summed E-state index contributed by atoms with van der Waals surface area (Å²) in [5, 5.41) is 0. The van der Waals surface area contributed by atoms with E-state index in [2.05, 4.69) is 0 Å². The summed E-state index contributed by atoms with van der Waals surface area (Å²) >= 11 is 0. The average Bonchev–Trinajstić information content (AvgIpc) is 2.76. The van der Waals surface area contributed by atoms with Crippen molar-refractivity contribution in [2.24, 2.45) is 0 Å². The molecule has 1 aromatic rings. The van der Waals surface area contributed by atoms with Gasteiger partial charge in [0, 0.05) is 13.0 Å². The minimum Gasteiger partial charge on any atom is -0.336 e. The van der Waals surface area contributed by atoms with Gasteiger partial charge < -0.3 is 9.80 Å². The van der Waals surface area contributed by atoms with Gasteiger partial charge in [-0.2, -0.15) is 13.2 Å². The Hall–Kier alpha value is -1.65. The van der Waals surface area contributed by atoms with Crippen molar-refractivity contribution in [3.8, 4) is 0 Å². The van der Waals surface area contributed by atoms with Crippen LogP contribution in [0.5, 0.6) is 0 Å². The summed E-state index contributed by atoms with van der Waals surface area (Å²) in [6.07, 6.45) is -4.01. The number of quaternary nitrogens is 1. The minimum absolute atomic E-state index is 0.442. The predicted molar refractivity (Wildman–Crippen MR) is 84.5 cm³/mol. The molecule has 1 atom stereocenters. The van der Waals surface area contributed by atoms with E-state index < -0.39 is 39.1 Å². The van der Waals surface area contributed by atoms with Gasteiger partial charge in [-0.15, -0.1) is 0 Å². The van der Waals surface area contributed by atoms with E-state index in [0.717, 1.165) is 31.6 Å². The van der Waals surface area contributed by atoms with E-state index in [-0.39, 0.29) is 0 Å². The second-order valence-corrected chi connectivity index (χ2v) is 7.75. The summed E-state index contributed by atoms with van der Waals surface area (Å²) in [4.78, 5) is 14.1. The lowest BCUT2D eigenvalue weighted by Gasteiger charge is -2.20. The molecule has 0 saturated carbocycles. The van der Waals surface area contributed by atoms with E-state index in [1.54, 1.807) is 0 Å².